The predicted molar refractivity (Wildman–Crippen MR) is 94.2 cm³/mol. The molecule has 0 heterocycles. The van der Waals surface area contributed by atoms with Gasteiger partial charge >= 0.3 is 0 Å². The zero-order valence-corrected chi connectivity index (χ0v) is 14.5. The Morgan fingerprint density at radius 2 is 1.60 bits per heavy atom. The first-order valence-electron chi connectivity index (χ1n) is 7.37. The Balaban J connectivity index is 2.51. The molecule has 0 saturated heterocycles. The van der Waals surface area contributed by atoms with Crippen molar-refractivity contribution >= 4 is 11.6 Å². The minimum atomic E-state index is -0.0716. The molecule has 0 saturated carbocycles. The monoisotopic (exact) mass is 341 g/mol. The summed E-state index contributed by atoms with van der Waals surface area (Å²) in [5, 5.41) is 19.6. The Morgan fingerprint density at radius 1 is 0.920 bits per heavy atom. The molecule has 0 amide bonds. The number of hydrogen-bond acceptors (Lipinski definition) is 6. The van der Waals surface area contributed by atoms with Crippen LogP contribution in [0.3, 0.4) is 0 Å². The van der Waals surface area contributed by atoms with Gasteiger partial charge in [0, 0.05) is 0 Å². The van der Waals surface area contributed by atoms with Gasteiger partial charge in [-0.2, -0.15) is 5.26 Å². The molecule has 6 nitrogen and oxygen atoms in total. The van der Waals surface area contributed by atoms with Crippen molar-refractivity contribution in [3.05, 3.63) is 41.5 Å². The number of benzene rings is 2. The van der Waals surface area contributed by atoms with Crippen LogP contribution >= 0.6 is 0 Å². The Hall–Kier alpha value is -3.33. The number of phenolic OH excluding ortho intramolecular Hbond substituents is 1. The topological polar surface area (TPSA) is 80.9 Å². The standard InChI is InChI=1S/C19H19NO5/c1-22-16-6-5-13(10-17(16)23-2)14(11-20)7-12-8-15(21)19(25-4)18(9-12)24-3/h5-10,21H,1-4H3/b14-7+. The van der Waals surface area contributed by atoms with E-state index in [2.05, 4.69) is 6.07 Å². The third-order valence-electron chi connectivity index (χ3n) is 3.61. The van der Waals surface area contributed by atoms with Gasteiger partial charge in [-0.25, -0.2) is 0 Å². The minimum absolute atomic E-state index is 0.0716. The van der Waals surface area contributed by atoms with Gasteiger partial charge in [-0.15, -0.1) is 0 Å². The van der Waals surface area contributed by atoms with Crippen LogP contribution in [0.1, 0.15) is 11.1 Å². The summed E-state index contributed by atoms with van der Waals surface area (Å²) >= 11 is 0. The zero-order valence-electron chi connectivity index (χ0n) is 14.5. The highest BCUT2D eigenvalue weighted by Crippen LogP contribution is 2.38. The van der Waals surface area contributed by atoms with E-state index >= 15 is 0 Å². The number of methoxy groups -OCH3 is 4. The van der Waals surface area contributed by atoms with Crippen LogP contribution in [0.4, 0.5) is 0 Å². The van der Waals surface area contributed by atoms with Crippen molar-refractivity contribution in [2.75, 3.05) is 28.4 Å². The molecule has 0 aromatic heterocycles. The molecule has 6 heteroatoms. The summed E-state index contributed by atoms with van der Waals surface area (Å²) in [5.41, 5.74) is 1.66. The highest BCUT2D eigenvalue weighted by atomic mass is 16.5. The fraction of sp³-hybridized carbons (Fsp3) is 0.211. The summed E-state index contributed by atoms with van der Waals surface area (Å²) in [6, 6.07) is 10.5. The van der Waals surface area contributed by atoms with E-state index in [9.17, 15) is 10.4 Å². The predicted octanol–water partition coefficient (Wildman–Crippen LogP) is 3.49. The van der Waals surface area contributed by atoms with Crippen molar-refractivity contribution in [2.24, 2.45) is 0 Å². The van der Waals surface area contributed by atoms with Crippen molar-refractivity contribution in [1.29, 1.82) is 5.26 Å². The van der Waals surface area contributed by atoms with E-state index < -0.39 is 0 Å². The number of aromatic hydroxyl groups is 1. The van der Waals surface area contributed by atoms with Crippen molar-refractivity contribution < 1.29 is 24.1 Å². The molecule has 2 aromatic carbocycles. The first-order chi connectivity index (χ1) is 12.1. The summed E-state index contributed by atoms with van der Waals surface area (Å²) in [4.78, 5) is 0. The lowest BCUT2D eigenvalue weighted by Gasteiger charge is -2.11. The van der Waals surface area contributed by atoms with Gasteiger partial charge in [0.15, 0.2) is 23.0 Å². The molecule has 0 unspecified atom stereocenters. The normalized spacial score (nSPS) is 10.8. The van der Waals surface area contributed by atoms with Crippen LogP contribution in [0.2, 0.25) is 0 Å². The summed E-state index contributed by atoms with van der Waals surface area (Å²) < 4.78 is 20.8. The molecule has 0 atom stereocenters. The third-order valence-corrected chi connectivity index (χ3v) is 3.61. The summed E-state index contributed by atoms with van der Waals surface area (Å²) in [6.07, 6.45) is 1.64. The molecule has 0 aliphatic rings. The van der Waals surface area contributed by atoms with E-state index in [1.54, 1.807) is 37.5 Å². The molecule has 0 fully saturated rings. The molecule has 130 valence electrons. The molecule has 0 aliphatic heterocycles. The fourth-order valence-corrected chi connectivity index (χ4v) is 2.40. The quantitative estimate of drug-likeness (QED) is 0.640. The lowest BCUT2D eigenvalue weighted by molar-refractivity contribution is 0.333. The molecule has 0 aliphatic carbocycles. The van der Waals surface area contributed by atoms with Gasteiger partial charge in [0.25, 0.3) is 0 Å². The largest absolute Gasteiger partial charge is 0.504 e. The molecule has 0 radical (unpaired) electrons. The van der Waals surface area contributed by atoms with Crippen LogP contribution in [0, 0.1) is 11.3 Å². The maximum absolute atomic E-state index is 10.1. The molecule has 2 rings (SSSR count). The van der Waals surface area contributed by atoms with E-state index in [4.69, 9.17) is 18.9 Å². The van der Waals surface area contributed by atoms with E-state index in [1.807, 2.05) is 0 Å². The second-order valence-corrected chi connectivity index (χ2v) is 5.02. The molecule has 25 heavy (non-hydrogen) atoms. The Bertz CT molecular complexity index is 836. The van der Waals surface area contributed by atoms with Crippen LogP contribution in [0.5, 0.6) is 28.7 Å². The van der Waals surface area contributed by atoms with E-state index in [0.29, 0.717) is 33.9 Å². The summed E-state index contributed by atoms with van der Waals surface area (Å²) in [7, 11) is 6.00. The molecule has 2 aromatic rings. The Kier molecular flexibility index (Phi) is 5.75. The van der Waals surface area contributed by atoms with Crippen molar-refractivity contribution in [3.63, 3.8) is 0 Å². The highest BCUT2D eigenvalue weighted by molar-refractivity contribution is 5.90. The lowest BCUT2D eigenvalue weighted by atomic mass is 10.0. The second kappa shape index (κ2) is 7.97. The number of nitriles is 1. The van der Waals surface area contributed by atoms with Crippen molar-refractivity contribution in [3.8, 4) is 34.8 Å². The van der Waals surface area contributed by atoms with Gasteiger partial charge in [0.2, 0.25) is 5.75 Å². The van der Waals surface area contributed by atoms with Gasteiger partial charge in [0.1, 0.15) is 0 Å². The van der Waals surface area contributed by atoms with Gasteiger partial charge in [-0.05, 0) is 47.5 Å². The van der Waals surface area contributed by atoms with Gasteiger partial charge < -0.3 is 24.1 Å². The lowest BCUT2D eigenvalue weighted by Crippen LogP contribution is -1.93. The third kappa shape index (κ3) is 3.78. The first kappa shape index (κ1) is 18.0. The number of phenols is 1. The molecule has 1 N–H and O–H groups in total. The second-order valence-electron chi connectivity index (χ2n) is 5.02. The molecular formula is C19H19NO5. The zero-order chi connectivity index (χ0) is 18.4. The first-order valence-corrected chi connectivity index (χ1v) is 7.37. The number of hydrogen-bond donors (Lipinski definition) is 1. The average Bonchev–Trinajstić information content (AvgIpc) is 2.64. The van der Waals surface area contributed by atoms with Crippen LogP contribution in [-0.4, -0.2) is 33.5 Å². The van der Waals surface area contributed by atoms with E-state index in [0.717, 1.165) is 0 Å². The van der Waals surface area contributed by atoms with E-state index in [-0.39, 0.29) is 11.5 Å². The van der Waals surface area contributed by atoms with Gasteiger partial charge in [-0.3, -0.25) is 0 Å². The minimum Gasteiger partial charge on any atom is -0.504 e. The van der Waals surface area contributed by atoms with Crippen LogP contribution < -0.4 is 18.9 Å². The molecule has 0 spiro atoms. The highest BCUT2D eigenvalue weighted by Gasteiger charge is 2.12. The maximum atomic E-state index is 10.1. The molecule has 0 bridgehead atoms. The van der Waals surface area contributed by atoms with Crippen LogP contribution in [-0.2, 0) is 0 Å². The van der Waals surface area contributed by atoms with Gasteiger partial charge in [0.05, 0.1) is 40.1 Å². The van der Waals surface area contributed by atoms with Crippen LogP contribution in [0.25, 0.3) is 11.6 Å². The Labute approximate surface area is 146 Å². The molecular weight excluding hydrogens is 322 g/mol. The average molecular weight is 341 g/mol. The SMILES string of the molecule is COc1ccc(/C(C#N)=C/c2cc(O)c(OC)c(OC)c2)cc1OC. The maximum Gasteiger partial charge on any atom is 0.203 e. The van der Waals surface area contributed by atoms with Gasteiger partial charge in [-0.1, -0.05) is 0 Å². The van der Waals surface area contributed by atoms with Crippen molar-refractivity contribution in [1.82, 2.24) is 0 Å². The van der Waals surface area contributed by atoms with Crippen molar-refractivity contribution in [2.45, 2.75) is 0 Å². The number of nitrogens with zero attached hydrogens (tertiary/aromatic N) is 1. The number of ether oxygens (including phenoxy) is 4. The van der Waals surface area contributed by atoms with Crippen LogP contribution in [0.15, 0.2) is 30.3 Å². The number of rotatable bonds is 6. The van der Waals surface area contributed by atoms with E-state index in [1.165, 1.54) is 27.4 Å². The summed E-state index contributed by atoms with van der Waals surface area (Å²) in [5.74, 6) is 1.64. The summed E-state index contributed by atoms with van der Waals surface area (Å²) in [6.45, 7) is 0. The smallest absolute Gasteiger partial charge is 0.203 e. The Morgan fingerprint density at radius 3 is 2.16 bits per heavy atom. The number of allylic oxidation sites excluding steroid dienone is 1. The fourth-order valence-electron chi connectivity index (χ4n) is 2.40.